The summed E-state index contributed by atoms with van der Waals surface area (Å²) >= 11 is 0. The van der Waals surface area contributed by atoms with Gasteiger partial charge in [0.05, 0.1) is 5.56 Å². The van der Waals surface area contributed by atoms with Crippen molar-refractivity contribution in [2.75, 3.05) is 26.7 Å². The zero-order valence-corrected chi connectivity index (χ0v) is 14.2. The molecule has 0 heterocycles. The number of hydrogen-bond donors (Lipinski definition) is 0. The van der Waals surface area contributed by atoms with E-state index in [1.807, 2.05) is 18.0 Å². The van der Waals surface area contributed by atoms with E-state index in [0.29, 0.717) is 12.6 Å². The van der Waals surface area contributed by atoms with Crippen LogP contribution in [0.5, 0.6) is 5.75 Å². The summed E-state index contributed by atoms with van der Waals surface area (Å²) in [7, 11) is 1.90. The van der Waals surface area contributed by atoms with E-state index in [2.05, 4.69) is 12.6 Å². The summed E-state index contributed by atoms with van der Waals surface area (Å²) in [5.41, 5.74) is -1.19. The molecule has 0 spiro atoms. The molecule has 0 aliphatic heterocycles. The van der Waals surface area contributed by atoms with Crippen LogP contribution in [-0.4, -0.2) is 31.6 Å². The SMILES string of the molecule is C=CCN(C)C/C=C/COc1cc(F)c(-c2c(F)[c]ccc2F)cc1F. The van der Waals surface area contributed by atoms with Crippen LogP contribution < -0.4 is 4.74 Å². The van der Waals surface area contributed by atoms with Gasteiger partial charge in [-0.25, -0.2) is 17.6 Å². The molecule has 1 radical (unpaired) electrons. The van der Waals surface area contributed by atoms with Gasteiger partial charge in [0.1, 0.15) is 24.1 Å². The van der Waals surface area contributed by atoms with Crippen LogP contribution in [0, 0.1) is 29.3 Å². The van der Waals surface area contributed by atoms with Crippen LogP contribution >= 0.6 is 0 Å². The van der Waals surface area contributed by atoms with Gasteiger partial charge in [-0.1, -0.05) is 18.2 Å². The second kappa shape index (κ2) is 9.20. The smallest absolute Gasteiger partial charge is 0.165 e. The van der Waals surface area contributed by atoms with Crippen molar-refractivity contribution in [3.63, 3.8) is 0 Å². The fourth-order valence-corrected chi connectivity index (χ4v) is 2.28. The Balaban J connectivity index is 2.10. The summed E-state index contributed by atoms with van der Waals surface area (Å²) < 4.78 is 61.0. The Kier molecular flexibility index (Phi) is 6.97. The van der Waals surface area contributed by atoms with Crippen LogP contribution in [0.2, 0.25) is 0 Å². The lowest BCUT2D eigenvalue weighted by molar-refractivity contribution is 0.337. The second-order valence-corrected chi connectivity index (χ2v) is 5.57. The van der Waals surface area contributed by atoms with Crippen molar-refractivity contribution in [2.24, 2.45) is 0 Å². The van der Waals surface area contributed by atoms with E-state index in [1.165, 1.54) is 0 Å². The number of halogens is 4. The van der Waals surface area contributed by atoms with Crippen LogP contribution in [0.4, 0.5) is 17.6 Å². The lowest BCUT2D eigenvalue weighted by Gasteiger charge is -2.11. The number of benzene rings is 2. The van der Waals surface area contributed by atoms with Gasteiger partial charge in [0, 0.05) is 30.8 Å². The first-order valence-corrected chi connectivity index (χ1v) is 7.86. The summed E-state index contributed by atoms with van der Waals surface area (Å²) in [6.45, 7) is 5.02. The Morgan fingerprint density at radius 3 is 2.54 bits per heavy atom. The van der Waals surface area contributed by atoms with E-state index in [0.717, 1.165) is 24.7 Å². The molecule has 0 aliphatic carbocycles. The molecule has 0 aromatic heterocycles. The minimum Gasteiger partial charge on any atom is -0.486 e. The van der Waals surface area contributed by atoms with E-state index in [4.69, 9.17) is 4.74 Å². The standard InChI is InChI=1S/C20H18F4NO/c1-3-9-25(2)10-4-5-11-26-19-13-17(23)14(12-18(19)24)20-15(21)7-6-8-16(20)22/h3-7,12-13H,1,9-11H2,2H3/b5-4+. The monoisotopic (exact) mass is 364 g/mol. The first kappa shape index (κ1) is 19.7. The number of nitrogens with zero attached hydrogens (tertiary/aromatic N) is 1. The number of rotatable bonds is 8. The summed E-state index contributed by atoms with van der Waals surface area (Å²) in [5.74, 6) is -4.34. The molecule has 6 heteroatoms. The van der Waals surface area contributed by atoms with Crippen molar-refractivity contribution in [1.82, 2.24) is 4.90 Å². The molecular formula is C20H18F4NO. The molecule has 2 nitrogen and oxygen atoms in total. The lowest BCUT2D eigenvalue weighted by atomic mass is 10.0. The second-order valence-electron chi connectivity index (χ2n) is 5.57. The van der Waals surface area contributed by atoms with E-state index in [1.54, 1.807) is 12.2 Å². The molecular weight excluding hydrogens is 346 g/mol. The average molecular weight is 364 g/mol. The topological polar surface area (TPSA) is 12.5 Å². The van der Waals surface area contributed by atoms with Gasteiger partial charge >= 0.3 is 0 Å². The molecule has 0 aliphatic rings. The summed E-state index contributed by atoms with van der Waals surface area (Å²) in [5, 5.41) is 0. The molecule has 2 aromatic rings. The molecule has 0 atom stereocenters. The Bertz CT molecular complexity index is 784. The molecule has 0 unspecified atom stereocenters. The highest BCUT2D eigenvalue weighted by atomic mass is 19.1. The highest BCUT2D eigenvalue weighted by molar-refractivity contribution is 5.66. The van der Waals surface area contributed by atoms with Crippen LogP contribution in [0.1, 0.15) is 0 Å². The third-order valence-electron chi connectivity index (χ3n) is 3.55. The number of ether oxygens (including phenoxy) is 1. The molecule has 0 bridgehead atoms. The quantitative estimate of drug-likeness (QED) is 0.495. The third-order valence-corrected chi connectivity index (χ3v) is 3.55. The predicted octanol–water partition coefficient (Wildman–Crippen LogP) is 4.76. The average Bonchev–Trinajstić information content (AvgIpc) is 2.58. The molecule has 2 rings (SSSR count). The van der Waals surface area contributed by atoms with Gasteiger partial charge < -0.3 is 4.74 Å². The molecule has 0 N–H and O–H groups in total. The fourth-order valence-electron chi connectivity index (χ4n) is 2.28. The highest BCUT2D eigenvalue weighted by Crippen LogP contribution is 2.32. The Labute approximate surface area is 150 Å². The van der Waals surface area contributed by atoms with Gasteiger partial charge in [-0.2, -0.15) is 0 Å². The van der Waals surface area contributed by atoms with Crippen molar-refractivity contribution in [1.29, 1.82) is 0 Å². The first-order chi connectivity index (χ1) is 12.4. The van der Waals surface area contributed by atoms with Gasteiger partial charge in [-0.05, 0) is 25.2 Å². The van der Waals surface area contributed by atoms with Crippen LogP contribution in [-0.2, 0) is 0 Å². The van der Waals surface area contributed by atoms with Gasteiger partial charge in [0.25, 0.3) is 0 Å². The first-order valence-electron chi connectivity index (χ1n) is 7.86. The van der Waals surface area contributed by atoms with Crippen molar-refractivity contribution >= 4 is 0 Å². The maximum absolute atomic E-state index is 14.2. The Hall–Kier alpha value is -2.60. The predicted molar refractivity (Wildman–Crippen MR) is 92.9 cm³/mol. The maximum atomic E-state index is 14.2. The summed E-state index contributed by atoms with van der Waals surface area (Å²) in [6, 6.07) is 5.55. The fraction of sp³-hybridized carbons (Fsp3) is 0.200. The minimum atomic E-state index is -1.09. The Morgan fingerprint density at radius 2 is 1.85 bits per heavy atom. The van der Waals surface area contributed by atoms with E-state index >= 15 is 0 Å². The molecule has 2 aromatic carbocycles. The third kappa shape index (κ3) is 4.95. The number of hydrogen-bond acceptors (Lipinski definition) is 2. The van der Waals surface area contributed by atoms with Crippen molar-refractivity contribution in [2.45, 2.75) is 0 Å². The zero-order valence-electron chi connectivity index (χ0n) is 14.2. The normalized spacial score (nSPS) is 11.3. The van der Waals surface area contributed by atoms with Crippen LogP contribution in [0.15, 0.2) is 49.1 Å². The van der Waals surface area contributed by atoms with Crippen LogP contribution in [0.3, 0.4) is 0 Å². The van der Waals surface area contributed by atoms with Gasteiger partial charge in [-0.15, -0.1) is 6.58 Å². The molecule has 0 amide bonds. The highest BCUT2D eigenvalue weighted by Gasteiger charge is 2.18. The molecule has 0 saturated heterocycles. The van der Waals surface area contributed by atoms with E-state index < -0.39 is 34.4 Å². The van der Waals surface area contributed by atoms with Gasteiger partial charge in [0.2, 0.25) is 0 Å². The summed E-state index contributed by atoms with van der Waals surface area (Å²) in [6.07, 6.45) is 5.24. The summed E-state index contributed by atoms with van der Waals surface area (Å²) in [4.78, 5) is 1.98. The molecule has 0 fully saturated rings. The van der Waals surface area contributed by atoms with Crippen LogP contribution in [0.25, 0.3) is 11.1 Å². The van der Waals surface area contributed by atoms with Crippen molar-refractivity contribution in [3.8, 4) is 16.9 Å². The minimum absolute atomic E-state index is 0.0273. The molecule has 137 valence electrons. The van der Waals surface area contributed by atoms with Gasteiger partial charge in [-0.3, -0.25) is 4.90 Å². The van der Waals surface area contributed by atoms with E-state index in [-0.39, 0.29) is 12.4 Å². The zero-order chi connectivity index (χ0) is 19.1. The maximum Gasteiger partial charge on any atom is 0.165 e. The molecule has 0 saturated carbocycles. The number of likely N-dealkylation sites (N-methyl/N-ethyl adjacent to an activating group) is 1. The van der Waals surface area contributed by atoms with Gasteiger partial charge in [0.15, 0.2) is 11.6 Å². The Morgan fingerprint density at radius 1 is 1.08 bits per heavy atom. The van der Waals surface area contributed by atoms with Crippen molar-refractivity contribution < 1.29 is 22.3 Å². The molecule has 26 heavy (non-hydrogen) atoms. The lowest BCUT2D eigenvalue weighted by Crippen LogP contribution is -2.17. The largest absolute Gasteiger partial charge is 0.486 e. The van der Waals surface area contributed by atoms with E-state index in [9.17, 15) is 17.6 Å². The van der Waals surface area contributed by atoms with Crippen molar-refractivity contribution in [3.05, 3.63) is 78.4 Å².